The zero-order valence-electron chi connectivity index (χ0n) is 24.3. The molecule has 5 unspecified atom stereocenters. The summed E-state index contributed by atoms with van der Waals surface area (Å²) in [7, 11) is 0. The first-order valence-electron chi connectivity index (χ1n) is 15.0. The molecule has 0 aliphatic heterocycles. The van der Waals surface area contributed by atoms with Gasteiger partial charge in [-0.05, 0) is 73.1 Å². The molecule has 0 fully saturated rings. The molecule has 0 spiro atoms. The lowest BCUT2D eigenvalue weighted by Crippen LogP contribution is -2.22. The molecule has 2 aromatic carbocycles. The van der Waals surface area contributed by atoms with Gasteiger partial charge in [0.15, 0.2) is 0 Å². The van der Waals surface area contributed by atoms with E-state index < -0.39 is 0 Å². The molecule has 37 heavy (non-hydrogen) atoms. The van der Waals surface area contributed by atoms with Crippen molar-refractivity contribution >= 4 is 0 Å². The second kappa shape index (κ2) is 14.9. The highest BCUT2D eigenvalue weighted by Crippen LogP contribution is 2.45. The van der Waals surface area contributed by atoms with Crippen LogP contribution in [0, 0.1) is 12.8 Å². The summed E-state index contributed by atoms with van der Waals surface area (Å²) >= 11 is 0. The quantitative estimate of drug-likeness (QED) is 0.231. The van der Waals surface area contributed by atoms with Gasteiger partial charge in [-0.15, -0.1) is 0 Å². The lowest BCUT2D eigenvalue weighted by molar-refractivity contribution is 0.0489. The number of benzene rings is 2. The van der Waals surface area contributed by atoms with Crippen molar-refractivity contribution in [2.24, 2.45) is 5.92 Å². The number of aliphatic hydroxyl groups is 1. The summed E-state index contributed by atoms with van der Waals surface area (Å²) in [5, 5.41) is 11.3. The van der Waals surface area contributed by atoms with Gasteiger partial charge in [0.1, 0.15) is 0 Å². The van der Waals surface area contributed by atoms with Crippen molar-refractivity contribution in [1.29, 1.82) is 0 Å². The second-order valence-electron chi connectivity index (χ2n) is 11.6. The Bertz CT molecular complexity index is 977. The molecule has 0 amide bonds. The molecule has 0 heterocycles. The van der Waals surface area contributed by atoms with Crippen molar-refractivity contribution in [3.05, 3.63) is 82.4 Å². The zero-order chi connectivity index (χ0) is 26.8. The molecule has 2 nitrogen and oxygen atoms in total. The van der Waals surface area contributed by atoms with Gasteiger partial charge in [-0.1, -0.05) is 114 Å². The topological polar surface area (TPSA) is 29.5 Å². The van der Waals surface area contributed by atoms with Crippen LogP contribution in [0.15, 0.2) is 54.6 Å². The summed E-state index contributed by atoms with van der Waals surface area (Å²) in [6, 6.07) is 15.5. The maximum absolute atomic E-state index is 11.3. The summed E-state index contributed by atoms with van der Waals surface area (Å²) in [4.78, 5) is 0. The lowest BCUT2D eigenvalue weighted by Gasteiger charge is -2.21. The number of aliphatic hydroxyl groups excluding tert-OH is 1. The van der Waals surface area contributed by atoms with Crippen LogP contribution in [-0.4, -0.2) is 17.8 Å². The molecule has 0 saturated heterocycles. The minimum atomic E-state index is -0.364. The van der Waals surface area contributed by atoms with E-state index in [9.17, 15) is 5.11 Å². The van der Waals surface area contributed by atoms with Gasteiger partial charge >= 0.3 is 0 Å². The Labute approximate surface area is 227 Å². The molecule has 3 rings (SSSR count). The summed E-state index contributed by atoms with van der Waals surface area (Å²) < 4.78 is 6.15. The van der Waals surface area contributed by atoms with E-state index in [1.54, 1.807) is 0 Å². The Balaban J connectivity index is 1.64. The Morgan fingerprint density at radius 3 is 2.46 bits per heavy atom. The number of hydrogen-bond acceptors (Lipinski definition) is 2. The SMILES string of the molecule is C=C(CCC)C(CCC)CCCC(C)c1ccc2c(c1)C(CCC)C(O)C2COCc1cccc(C)c1. The monoisotopic (exact) mass is 504 g/mol. The highest BCUT2D eigenvalue weighted by atomic mass is 16.5. The van der Waals surface area contributed by atoms with E-state index in [2.05, 4.69) is 83.7 Å². The van der Waals surface area contributed by atoms with Gasteiger partial charge < -0.3 is 9.84 Å². The minimum absolute atomic E-state index is 0.0556. The molecule has 5 atom stereocenters. The first-order valence-corrected chi connectivity index (χ1v) is 15.0. The summed E-state index contributed by atoms with van der Waals surface area (Å²) in [5.74, 6) is 1.48. The fraction of sp³-hybridized carbons (Fsp3) is 0.600. The Kier molecular flexibility index (Phi) is 11.9. The number of hydrogen-bond donors (Lipinski definition) is 1. The van der Waals surface area contributed by atoms with Crippen molar-refractivity contribution in [2.75, 3.05) is 6.61 Å². The van der Waals surface area contributed by atoms with Crippen molar-refractivity contribution in [3.63, 3.8) is 0 Å². The molecule has 204 valence electrons. The molecular weight excluding hydrogens is 452 g/mol. The number of allylic oxidation sites excluding steroid dienone is 1. The number of aryl methyl sites for hydroxylation is 1. The van der Waals surface area contributed by atoms with Gasteiger partial charge in [-0.2, -0.15) is 0 Å². The molecule has 1 N–H and O–H groups in total. The normalized spacial score (nSPS) is 20.5. The van der Waals surface area contributed by atoms with Crippen LogP contribution in [0.1, 0.15) is 131 Å². The maximum atomic E-state index is 11.3. The van der Waals surface area contributed by atoms with Crippen LogP contribution in [0.4, 0.5) is 0 Å². The summed E-state index contributed by atoms with van der Waals surface area (Å²) in [6.07, 6.45) is 10.4. The third-order valence-corrected chi connectivity index (χ3v) is 8.53. The summed E-state index contributed by atoms with van der Waals surface area (Å²) in [6.45, 7) is 16.8. The number of rotatable bonds is 16. The Morgan fingerprint density at radius 1 is 0.946 bits per heavy atom. The van der Waals surface area contributed by atoms with E-state index in [4.69, 9.17) is 4.74 Å². The van der Waals surface area contributed by atoms with E-state index in [1.807, 2.05) is 0 Å². The van der Waals surface area contributed by atoms with Crippen molar-refractivity contribution < 1.29 is 9.84 Å². The molecule has 0 aromatic heterocycles. The van der Waals surface area contributed by atoms with Gasteiger partial charge in [-0.25, -0.2) is 0 Å². The molecule has 0 bridgehead atoms. The lowest BCUT2D eigenvalue weighted by atomic mass is 9.85. The van der Waals surface area contributed by atoms with Gasteiger partial charge in [0.05, 0.1) is 19.3 Å². The number of fused-ring (bicyclic) bond motifs is 1. The molecule has 2 aromatic rings. The van der Waals surface area contributed by atoms with Crippen molar-refractivity contribution in [2.45, 2.75) is 123 Å². The number of ether oxygens (including phenoxy) is 1. The molecular formula is C35H52O2. The minimum Gasteiger partial charge on any atom is -0.392 e. The standard InChI is InChI=1S/C35H52O2/c1-7-12-26(5)29(13-8-2)18-11-16-27(6)30-19-20-31-33(22-30)32(14-9-3)35(36)34(31)24-37-23-28-17-10-15-25(4)21-28/h10,15,17,19-22,27,29,32,34-36H,5,7-9,11-14,16,18,23-24H2,1-4,6H3. The predicted molar refractivity (Wildman–Crippen MR) is 158 cm³/mol. The fourth-order valence-corrected chi connectivity index (χ4v) is 6.40. The Hall–Kier alpha value is -1.90. The van der Waals surface area contributed by atoms with Crippen molar-refractivity contribution in [1.82, 2.24) is 0 Å². The fourth-order valence-electron chi connectivity index (χ4n) is 6.40. The molecule has 0 radical (unpaired) electrons. The maximum Gasteiger partial charge on any atom is 0.0717 e. The third kappa shape index (κ3) is 8.04. The van der Waals surface area contributed by atoms with E-state index in [-0.39, 0.29) is 17.9 Å². The van der Waals surface area contributed by atoms with E-state index in [0.717, 1.165) is 12.8 Å². The first kappa shape index (κ1) is 29.7. The summed E-state index contributed by atoms with van der Waals surface area (Å²) in [5.41, 5.74) is 7.99. The first-order chi connectivity index (χ1) is 17.9. The van der Waals surface area contributed by atoms with Crippen molar-refractivity contribution in [3.8, 4) is 0 Å². The van der Waals surface area contributed by atoms with Crippen LogP contribution < -0.4 is 0 Å². The van der Waals surface area contributed by atoms with Crippen LogP contribution in [-0.2, 0) is 11.3 Å². The van der Waals surface area contributed by atoms with Gasteiger partial charge in [0.2, 0.25) is 0 Å². The molecule has 1 aliphatic rings. The van der Waals surface area contributed by atoms with Crippen LogP contribution in [0.3, 0.4) is 0 Å². The Morgan fingerprint density at radius 2 is 1.76 bits per heavy atom. The van der Waals surface area contributed by atoms with Crippen LogP contribution in [0.2, 0.25) is 0 Å². The van der Waals surface area contributed by atoms with Gasteiger partial charge in [-0.3, -0.25) is 0 Å². The largest absolute Gasteiger partial charge is 0.392 e. The van der Waals surface area contributed by atoms with Crippen LogP contribution in [0.5, 0.6) is 0 Å². The van der Waals surface area contributed by atoms with Gasteiger partial charge in [0, 0.05) is 11.8 Å². The highest BCUT2D eigenvalue weighted by Gasteiger charge is 2.39. The van der Waals surface area contributed by atoms with E-state index in [1.165, 1.54) is 78.3 Å². The second-order valence-corrected chi connectivity index (χ2v) is 11.6. The predicted octanol–water partition coefficient (Wildman–Crippen LogP) is 9.60. The zero-order valence-corrected chi connectivity index (χ0v) is 24.3. The third-order valence-electron chi connectivity index (χ3n) is 8.53. The highest BCUT2D eigenvalue weighted by molar-refractivity contribution is 5.44. The average Bonchev–Trinajstić information content (AvgIpc) is 3.14. The molecule has 0 saturated carbocycles. The average molecular weight is 505 g/mol. The van der Waals surface area contributed by atoms with Crippen LogP contribution >= 0.6 is 0 Å². The van der Waals surface area contributed by atoms with E-state index in [0.29, 0.717) is 25.0 Å². The molecule has 2 heteroatoms. The van der Waals surface area contributed by atoms with E-state index >= 15 is 0 Å². The molecule has 1 aliphatic carbocycles. The van der Waals surface area contributed by atoms with Gasteiger partial charge in [0.25, 0.3) is 0 Å². The van der Waals surface area contributed by atoms with Crippen LogP contribution in [0.25, 0.3) is 0 Å². The smallest absolute Gasteiger partial charge is 0.0717 e.